The van der Waals surface area contributed by atoms with Crippen LogP contribution >= 0.6 is 0 Å². The lowest BCUT2D eigenvalue weighted by Gasteiger charge is -2.22. The van der Waals surface area contributed by atoms with Crippen LogP contribution in [0.2, 0.25) is 0 Å². The number of aromatic hydroxyl groups is 1. The number of benzene rings is 1. The van der Waals surface area contributed by atoms with E-state index in [2.05, 4.69) is 10.6 Å². The second-order valence-electron chi connectivity index (χ2n) is 4.69. The normalized spacial score (nSPS) is 15.8. The Bertz CT molecular complexity index is 458. The summed E-state index contributed by atoms with van der Waals surface area (Å²) in [5.41, 5.74) is 0.322. The second kappa shape index (κ2) is 7.12. The second-order valence-corrected chi connectivity index (χ2v) is 4.69. The van der Waals surface area contributed by atoms with Crippen LogP contribution in [-0.4, -0.2) is 43.9 Å². The molecule has 0 aromatic heterocycles. The summed E-state index contributed by atoms with van der Waals surface area (Å²) in [6.07, 6.45) is 1.95. The molecule has 0 atom stereocenters. The summed E-state index contributed by atoms with van der Waals surface area (Å²) in [7, 11) is 1.53. The molecular weight excluding hydrogens is 260 g/mol. The first-order valence-corrected chi connectivity index (χ1v) is 6.68. The van der Waals surface area contributed by atoms with E-state index >= 15 is 0 Å². The fraction of sp³-hybridized carbons (Fsp3) is 0.500. The highest BCUT2D eigenvalue weighted by atomic mass is 16.5. The van der Waals surface area contributed by atoms with Crippen LogP contribution in [0.5, 0.6) is 11.5 Å². The van der Waals surface area contributed by atoms with E-state index in [4.69, 9.17) is 9.47 Å². The Kier molecular flexibility index (Phi) is 5.20. The predicted octanol–water partition coefficient (Wildman–Crippen LogP) is 1.11. The summed E-state index contributed by atoms with van der Waals surface area (Å²) < 4.78 is 10.6. The molecule has 20 heavy (non-hydrogen) atoms. The smallest absolute Gasteiger partial charge is 0.250 e. The molecule has 1 fully saturated rings. The van der Waals surface area contributed by atoms with Gasteiger partial charge in [0.15, 0.2) is 0 Å². The standard InChI is InChI=1S/C14H20N2O4/c1-19-11-2-3-13(17)12(8-11)16-14(18)9-20-10-4-6-15-7-5-10/h2-3,8,10,15,17H,4-7,9H2,1H3,(H,16,18). The number of anilines is 1. The molecule has 1 saturated heterocycles. The number of carbonyl (C=O) groups excluding carboxylic acids is 1. The van der Waals surface area contributed by atoms with Crippen LogP contribution < -0.4 is 15.4 Å². The number of nitrogens with one attached hydrogen (secondary N) is 2. The number of amides is 1. The minimum atomic E-state index is -0.285. The molecule has 1 aromatic rings. The highest BCUT2D eigenvalue weighted by Crippen LogP contribution is 2.27. The lowest BCUT2D eigenvalue weighted by Crippen LogP contribution is -2.34. The van der Waals surface area contributed by atoms with Crippen LogP contribution in [0.25, 0.3) is 0 Å². The van der Waals surface area contributed by atoms with Gasteiger partial charge in [-0.05, 0) is 38.1 Å². The van der Waals surface area contributed by atoms with Gasteiger partial charge in [-0.3, -0.25) is 4.79 Å². The number of piperidine rings is 1. The van der Waals surface area contributed by atoms with Gasteiger partial charge < -0.3 is 25.2 Å². The van der Waals surface area contributed by atoms with Gasteiger partial charge in [-0.15, -0.1) is 0 Å². The first kappa shape index (κ1) is 14.6. The van der Waals surface area contributed by atoms with Crippen molar-refractivity contribution in [3.8, 4) is 11.5 Å². The molecule has 1 amide bonds. The van der Waals surface area contributed by atoms with Gasteiger partial charge in [-0.25, -0.2) is 0 Å². The van der Waals surface area contributed by atoms with Crippen molar-refractivity contribution < 1.29 is 19.4 Å². The molecule has 1 heterocycles. The van der Waals surface area contributed by atoms with Crippen molar-refractivity contribution in [1.29, 1.82) is 0 Å². The van der Waals surface area contributed by atoms with Crippen LogP contribution in [0.15, 0.2) is 18.2 Å². The number of hydrogen-bond acceptors (Lipinski definition) is 5. The number of methoxy groups -OCH3 is 1. The van der Waals surface area contributed by atoms with Gasteiger partial charge in [0.2, 0.25) is 5.91 Å². The van der Waals surface area contributed by atoms with E-state index < -0.39 is 0 Å². The fourth-order valence-corrected chi connectivity index (χ4v) is 2.08. The summed E-state index contributed by atoms with van der Waals surface area (Å²) in [4.78, 5) is 11.8. The zero-order valence-corrected chi connectivity index (χ0v) is 11.5. The quantitative estimate of drug-likeness (QED) is 0.704. The van der Waals surface area contributed by atoms with E-state index in [1.165, 1.54) is 13.2 Å². The molecule has 0 aliphatic carbocycles. The minimum Gasteiger partial charge on any atom is -0.506 e. The molecule has 0 bridgehead atoms. The SMILES string of the molecule is COc1ccc(O)c(NC(=O)COC2CCNCC2)c1. The maximum Gasteiger partial charge on any atom is 0.250 e. The third-order valence-electron chi connectivity index (χ3n) is 3.21. The van der Waals surface area contributed by atoms with Gasteiger partial charge in [0, 0.05) is 6.07 Å². The van der Waals surface area contributed by atoms with Gasteiger partial charge in [0.05, 0.1) is 18.9 Å². The van der Waals surface area contributed by atoms with Gasteiger partial charge in [0.25, 0.3) is 0 Å². The maximum atomic E-state index is 11.8. The summed E-state index contributed by atoms with van der Waals surface area (Å²) in [6.45, 7) is 1.83. The molecule has 0 spiro atoms. The molecule has 0 unspecified atom stereocenters. The van der Waals surface area contributed by atoms with Crippen molar-refractivity contribution >= 4 is 11.6 Å². The Morgan fingerprint density at radius 2 is 2.20 bits per heavy atom. The van der Waals surface area contributed by atoms with Crippen LogP contribution in [0.1, 0.15) is 12.8 Å². The molecule has 1 aromatic carbocycles. The zero-order valence-electron chi connectivity index (χ0n) is 11.5. The predicted molar refractivity (Wildman–Crippen MR) is 75.1 cm³/mol. The van der Waals surface area contributed by atoms with Crippen LogP contribution in [0, 0.1) is 0 Å². The molecule has 6 heteroatoms. The molecule has 0 saturated carbocycles. The molecular formula is C14H20N2O4. The average Bonchev–Trinajstić information content (AvgIpc) is 2.48. The topological polar surface area (TPSA) is 79.8 Å². The van der Waals surface area contributed by atoms with Crippen molar-refractivity contribution in [2.45, 2.75) is 18.9 Å². The van der Waals surface area contributed by atoms with E-state index in [1.54, 1.807) is 12.1 Å². The van der Waals surface area contributed by atoms with Crippen LogP contribution in [0.3, 0.4) is 0 Å². The third-order valence-corrected chi connectivity index (χ3v) is 3.21. The Labute approximate surface area is 118 Å². The summed E-state index contributed by atoms with van der Waals surface area (Å²) >= 11 is 0. The summed E-state index contributed by atoms with van der Waals surface area (Å²) in [5, 5.41) is 15.5. The number of ether oxygens (including phenoxy) is 2. The molecule has 6 nitrogen and oxygen atoms in total. The lowest BCUT2D eigenvalue weighted by molar-refractivity contribution is -0.123. The number of phenols is 1. The number of phenolic OH excluding ortho intramolecular Hbond substituents is 1. The Hall–Kier alpha value is -1.79. The van der Waals surface area contributed by atoms with E-state index in [0.29, 0.717) is 11.4 Å². The highest BCUT2D eigenvalue weighted by molar-refractivity contribution is 5.93. The van der Waals surface area contributed by atoms with E-state index in [-0.39, 0.29) is 24.4 Å². The third kappa shape index (κ3) is 4.11. The van der Waals surface area contributed by atoms with Crippen molar-refractivity contribution in [2.24, 2.45) is 0 Å². The molecule has 2 rings (SSSR count). The summed E-state index contributed by atoms with van der Waals surface area (Å²) in [6, 6.07) is 4.66. The molecule has 1 aliphatic rings. The van der Waals surface area contributed by atoms with E-state index in [9.17, 15) is 9.90 Å². The largest absolute Gasteiger partial charge is 0.506 e. The zero-order chi connectivity index (χ0) is 14.4. The molecule has 0 radical (unpaired) electrons. The maximum absolute atomic E-state index is 11.8. The van der Waals surface area contributed by atoms with E-state index in [1.807, 2.05) is 0 Å². The Morgan fingerprint density at radius 3 is 2.90 bits per heavy atom. The average molecular weight is 280 g/mol. The lowest BCUT2D eigenvalue weighted by atomic mass is 10.1. The first-order valence-electron chi connectivity index (χ1n) is 6.68. The minimum absolute atomic E-state index is 0.000941. The molecule has 1 aliphatic heterocycles. The van der Waals surface area contributed by atoms with Crippen molar-refractivity contribution in [3.63, 3.8) is 0 Å². The van der Waals surface area contributed by atoms with Crippen LogP contribution in [-0.2, 0) is 9.53 Å². The van der Waals surface area contributed by atoms with Gasteiger partial charge in [-0.2, -0.15) is 0 Å². The van der Waals surface area contributed by atoms with Crippen molar-refractivity contribution in [2.75, 3.05) is 32.1 Å². The van der Waals surface area contributed by atoms with Crippen molar-refractivity contribution in [3.05, 3.63) is 18.2 Å². The van der Waals surface area contributed by atoms with Crippen LogP contribution in [0.4, 0.5) is 5.69 Å². The van der Waals surface area contributed by atoms with Gasteiger partial charge >= 0.3 is 0 Å². The monoisotopic (exact) mass is 280 g/mol. The Balaban J connectivity index is 1.84. The number of carbonyl (C=O) groups is 1. The number of rotatable bonds is 5. The van der Waals surface area contributed by atoms with Crippen molar-refractivity contribution in [1.82, 2.24) is 5.32 Å². The van der Waals surface area contributed by atoms with Gasteiger partial charge in [-0.1, -0.05) is 0 Å². The molecule has 3 N–H and O–H groups in total. The number of hydrogen-bond donors (Lipinski definition) is 3. The van der Waals surface area contributed by atoms with E-state index in [0.717, 1.165) is 25.9 Å². The summed E-state index contributed by atoms with van der Waals surface area (Å²) in [5.74, 6) is 0.283. The highest BCUT2D eigenvalue weighted by Gasteiger charge is 2.15. The first-order chi connectivity index (χ1) is 9.69. The fourth-order valence-electron chi connectivity index (χ4n) is 2.08. The molecule has 110 valence electrons. The Morgan fingerprint density at radius 1 is 1.45 bits per heavy atom. The van der Waals surface area contributed by atoms with Gasteiger partial charge in [0.1, 0.15) is 18.1 Å².